The van der Waals surface area contributed by atoms with Crippen molar-refractivity contribution in [1.82, 2.24) is 10.1 Å². The number of aryl methyl sites for hydroxylation is 1. The van der Waals surface area contributed by atoms with Crippen molar-refractivity contribution < 1.29 is 4.52 Å². The van der Waals surface area contributed by atoms with Gasteiger partial charge < -0.3 is 10.3 Å². The molecule has 0 atom stereocenters. The molecule has 2 N–H and O–H groups in total. The lowest BCUT2D eigenvalue weighted by atomic mass is 10.1. The van der Waals surface area contributed by atoms with Crippen LogP contribution in [-0.2, 0) is 6.42 Å². The highest BCUT2D eigenvalue weighted by atomic mass is 16.5. The molecule has 0 spiro atoms. The third-order valence-corrected chi connectivity index (χ3v) is 3.22. The SMILES string of the molecule is CCc1ccccc1-c1nc(-c2ccc(N)cc2)no1. The molecule has 3 rings (SSSR count). The first-order chi connectivity index (χ1) is 9.78. The minimum atomic E-state index is 0.550. The third-order valence-electron chi connectivity index (χ3n) is 3.22. The molecule has 0 aliphatic heterocycles. The Kier molecular flexibility index (Phi) is 3.21. The highest BCUT2D eigenvalue weighted by Gasteiger charge is 2.12. The van der Waals surface area contributed by atoms with Gasteiger partial charge in [-0.25, -0.2) is 0 Å². The van der Waals surface area contributed by atoms with Crippen molar-refractivity contribution in [3.8, 4) is 22.8 Å². The van der Waals surface area contributed by atoms with E-state index in [1.54, 1.807) is 0 Å². The van der Waals surface area contributed by atoms with Gasteiger partial charge in [-0.2, -0.15) is 4.98 Å². The number of nitrogens with two attached hydrogens (primary N) is 1. The topological polar surface area (TPSA) is 64.9 Å². The van der Waals surface area contributed by atoms with E-state index in [9.17, 15) is 0 Å². The summed E-state index contributed by atoms with van der Waals surface area (Å²) in [5, 5.41) is 4.04. The zero-order valence-corrected chi connectivity index (χ0v) is 11.2. The molecule has 1 heterocycles. The standard InChI is InChI=1S/C16H15N3O/c1-2-11-5-3-4-6-14(11)16-18-15(19-20-16)12-7-9-13(17)10-8-12/h3-10H,2,17H2,1H3. The van der Waals surface area contributed by atoms with E-state index in [0.29, 0.717) is 17.4 Å². The summed E-state index contributed by atoms with van der Waals surface area (Å²) in [4.78, 5) is 4.47. The van der Waals surface area contributed by atoms with Gasteiger partial charge in [-0.15, -0.1) is 0 Å². The summed E-state index contributed by atoms with van der Waals surface area (Å²) in [5.74, 6) is 1.13. The maximum atomic E-state index is 5.67. The molecule has 100 valence electrons. The molecule has 0 amide bonds. The number of nitrogen functional groups attached to an aromatic ring is 1. The van der Waals surface area contributed by atoms with Gasteiger partial charge in [0.2, 0.25) is 5.82 Å². The molecule has 0 radical (unpaired) electrons. The van der Waals surface area contributed by atoms with Gasteiger partial charge in [0.25, 0.3) is 5.89 Å². The number of nitrogens with zero attached hydrogens (tertiary/aromatic N) is 2. The van der Waals surface area contributed by atoms with E-state index in [2.05, 4.69) is 23.1 Å². The van der Waals surface area contributed by atoms with E-state index in [0.717, 1.165) is 17.5 Å². The Morgan fingerprint density at radius 2 is 1.80 bits per heavy atom. The quantitative estimate of drug-likeness (QED) is 0.735. The predicted molar refractivity (Wildman–Crippen MR) is 79.0 cm³/mol. The van der Waals surface area contributed by atoms with Crippen LogP contribution in [0.4, 0.5) is 5.69 Å². The average molecular weight is 265 g/mol. The Morgan fingerprint density at radius 3 is 2.55 bits per heavy atom. The molecule has 1 aromatic heterocycles. The number of anilines is 1. The van der Waals surface area contributed by atoms with Crippen molar-refractivity contribution in [3.63, 3.8) is 0 Å². The number of hydrogen-bond acceptors (Lipinski definition) is 4. The summed E-state index contributed by atoms with van der Waals surface area (Å²) < 4.78 is 5.39. The van der Waals surface area contributed by atoms with Crippen molar-refractivity contribution >= 4 is 5.69 Å². The van der Waals surface area contributed by atoms with E-state index in [1.165, 1.54) is 5.56 Å². The van der Waals surface area contributed by atoms with Crippen LogP contribution in [0.25, 0.3) is 22.8 Å². The summed E-state index contributed by atoms with van der Waals surface area (Å²) in [5.41, 5.74) is 9.47. The molecule has 0 saturated carbocycles. The van der Waals surface area contributed by atoms with Gasteiger partial charge in [0.15, 0.2) is 0 Å². The molecular weight excluding hydrogens is 250 g/mol. The smallest absolute Gasteiger partial charge is 0.258 e. The van der Waals surface area contributed by atoms with Crippen LogP contribution in [0.5, 0.6) is 0 Å². The lowest BCUT2D eigenvalue weighted by Crippen LogP contribution is -1.88. The molecule has 0 fully saturated rings. The van der Waals surface area contributed by atoms with Crippen LogP contribution in [-0.4, -0.2) is 10.1 Å². The second-order valence-corrected chi connectivity index (χ2v) is 4.56. The van der Waals surface area contributed by atoms with Crippen LogP contribution >= 0.6 is 0 Å². The Bertz CT molecular complexity index is 717. The van der Waals surface area contributed by atoms with Crippen LogP contribution in [0.3, 0.4) is 0 Å². The van der Waals surface area contributed by atoms with Gasteiger partial charge in [0.05, 0.1) is 0 Å². The zero-order chi connectivity index (χ0) is 13.9. The minimum Gasteiger partial charge on any atom is -0.399 e. The highest BCUT2D eigenvalue weighted by Crippen LogP contribution is 2.25. The number of benzene rings is 2. The molecule has 0 bridgehead atoms. The van der Waals surface area contributed by atoms with Crippen molar-refractivity contribution in [2.75, 3.05) is 5.73 Å². The van der Waals surface area contributed by atoms with E-state index in [-0.39, 0.29) is 0 Å². The maximum Gasteiger partial charge on any atom is 0.258 e. The van der Waals surface area contributed by atoms with Gasteiger partial charge in [-0.05, 0) is 42.3 Å². The predicted octanol–water partition coefficient (Wildman–Crippen LogP) is 3.55. The van der Waals surface area contributed by atoms with Gasteiger partial charge >= 0.3 is 0 Å². The van der Waals surface area contributed by atoms with Gasteiger partial charge in [-0.1, -0.05) is 30.3 Å². The van der Waals surface area contributed by atoms with E-state index in [1.807, 2.05) is 42.5 Å². The molecule has 4 nitrogen and oxygen atoms in total. The molecule has 0 saturated heterocycles. The number of aromatic nitrogens is 2. The van der Waals surface area contributed by atoms with Crippen LogP contribution in [0, 0.1) is 0 Å². The van der Waals surface area contributed by atoms with Gasteiger partial charge in [0.1, 0.15) is 0 Å². The molecule has 0 aliphatic carbocycles. The van der Waals surface area contributed by atoms with E-state index >= 15 is 0 Å². The van der Waals surface area contributed by atoms with Crippen LogP contribution in [0.2, 0.25) is 0 Å². The molecule has 4 heteroatoms. The van der Waals surface area contributed by atoms with Gasteiger partial charge in [-0.3, -0.25) is 0 Å². The normalized spacial score (nSPS) is 10.7. The Balaban J connectivity index is 2.00. The monoisotopic (exact) mass is 265 g/mol. The minimum absolute atomic E-state index is 0.550. The summed E-state index contributed by atoms with van der Waals surface area (Å²) in [7, 11) is 0. The lowest BCUT2D eigenvalue weighted by molar-refractivity contribution is 0.432. The summed E-state index contributed by atoms with van der Waals surface area (Å²) >= 11 is 0. The zero-order valence-electron chi connectivity index (χ0n) is 11.2. The first-order valence-electron chi connectivity index (χ1n) is 6.56. The fraction of sp³-hybridized carbons (Fsp3) is 0.125. The first kappa shape index (κ1) is 12.4. The Hall–Kier alpha value is -2.62. The van der Waals surface area contributed by atoms with Crippen molar-refractivity contribution in [2.45, 2.75) is 13.3 Å². The second-order valence-electron chi connectivity index (χ2n) is 4.56. The van der Waals surface area contributed by atoms with Crippen molar-refractivity contribution in [2.24, 2.45) is 0 Å². The average Bonchev–Trinajstić information content (AvgIpc) is 2.97. The van der Waals surface area contributed by atoms with Gasteiger partial charge in [0, 0.05) is 16.8 Å². The fourth-order valence-corrected chi connectivity index (χ4v) is 2.12. The summed E-state index contributed by atoms with van der Waals surface area (Å²) in [6.07, 6.45) is 0.926. The molecule has 20 heavy (non-hydrogen) atoms. The molecular formula is C16H15N3O. The van der Waals surface area contributed by atoms with E-state index < -0.39 is 0 Å². The Labute approximate surface area is 117 Å². The third kappa shape index (κ3) is 2.28. The number of rotatable bonds is 3. The largest absolute Gasteiger partial charge is 0.399 e. The van der Waals surface area contributed by atoms with Crippen molar-refractivity contribution in [1.29, 1.82) is 0 Å². The molecule has 3 aromatic rings. The second kappa shape index (κ2) is 5.17. The van der Waals surface area contributed by atoms with Crippen LogP contribution < -0.4 is 5.73 Å². The highest BCUT2D eigenvalue weighted by molar-refractivity contribution is 5.63. The fourth-order valence-electron chi connectivity index (χ4n) is 2.12. The number of hydrogen-bond donors (Lipinski definition) is 1. The van der Waals surface area contributed by atoms with Crippen LogP contribution in [0.1, 0.15) is 12.5 Å². The lowest BCUT2D eigenvalue weighted by Gasteiger charge is -2.01. The first-order valence-corrected chi connectivity index (χ1v) is 6.56. The molecule has 0 aliphatic rings. The maximum absolute atomic E-state index is 5.67. The summed E-state index contributed by atoms with van der Waals surface area (Å²) in [6, 6.07) is 15.5. The van der Waals surface area contributed by atoms with Crippen LogP contribution in [0.15, 0.2) is 53.1 Å². The molecule has 0 unspecified atom stereocenters. The van der Waals surface area contributed by atoms with Crippen molar-refractivity contribution in [3.05, 3.63) is 54.1 Å². The Morgan fingerprint density at radius 1 is 1.05 bits per heavy atom. The summed E-state index contributed by atoms with van der Waals surface area (Å²) in [6.45, 7) is 2.11. The molecule has 2 aromatic carbocycles. The van der Waals surface area contributed by atoms with E-state index in [4.69, 9.17) is 10.3 Å².